The molecule has 0 radical (unpaired) electrons. The number of ether oxygens (including phenoxy) is 1. The predicted octanol–water partition coefficient (Wildman–Crippen LogP) is 2.92. The molecule has 4 nitrogen and oxygen atoms in total. The Labute approximate surface area is 112 Å². The molecule has 0 bridgehead atoms. The molecule has 5 heteroatoms. The molecule has 0 aliphatic heterocycles. The third kappa shape index (κ3) is 3.81. The van der Waals surface area contributed by atoms with E-state index in [1.807, 2.05) is 13.8 Å². The fourth-order valence-corrected chi connectivity index (χ4v) is 1.85. The molecule has 0 heterocycles. The molecule has 0 amide bonds. The Hall–Kier alpha value is -1.42. The summed E-state index contributed by atoms with van der Waals surface area (Å²) in [5.74, 6) is 0.0603. The second kappa shape index (κ2) is 6.50. The molecule has 0 saturated carbocycles. The zero-order valence-corrected chi connectivity index (χ0v) is 11.6. The van der Waals surface area contributed by atoms with E-state index in [0.29, 0.717) is 28.7 Å². The van der Waals surface area contributed by atoms with Crippen LogP contribution >= 0.6 is 11.6 Å². The summed E-state index contributed by atoms with van der Waals surface area (Å²) in [5.41, 5.74) is 6.95. The van der Waals surface area contributed by atoms with Crippen molar-refractivity contribution in [1.29, 1.82) is 0 Å². The molecule has 1 aromatic carbocycles. The number of hydrogen-bond acceptors (Lipinski definition) is 4. The Morgan fingerprint density at radius 3 is 2.72 bits per heavy atom. The van der Waals surface area contributed by atoms with Crippen molar-refractivity contribution in [2.45, 2.75) is 26.3 Å². The number of carbonyl (C=O) groups excluding carboxylic acids is 1. The van der Waals surface area contributed by atoms with Gasteiger partial charge in [-0.25, -0.2) is 4.79 Å². The summed E-state index contributed by atoms with van der Waals surface area (Å²) in [6.07, 6.45) is 0.665. The predicted molar refractivity (Wildman–Crippen MR) is 74.7 cm³/mol. The Bertz CT molecular complexity index is 421. The van der Waals surface area contributed by atoms with Crippen LogP contribution in [0.1, 0.15) is 20.3 Å². The van der Waals surface area contributed by atoms with E-state index in [1.165, 1.54) is 7.11 Å². The summed E-state index contributed by atoms with van der Waals surface area (Å²) in [7, 11) is 1.37. The number of methoxy groups -OCH3 is 1. The number of halogens is 1. The SMILES string of the molecule is COC(=O)C(CC(C)C)Nc1cccc(Cl)c1N. The molecule has 1 aromatic rings. The van der Waals surface area contributed by atoms with Crippen LogP contribution in [0.25, 0.3) is 0 Å². The lowest BCUT2D eigenvalue weighted by atomic mass is 10.0. The largest absolute Gasteiger partial charge is 0.467 e. The molecule has 100 valence electrons. The van der Waals surface area contributed by atoms with Gasteiger partial charge in [-0.15, -0.1) is 0 Å². The van der Waals surface area contributed by atoms with E-state index in [-0.39, 0.29) is 5.97 Å². The van der Waals surface area contributed by atoms with Crippen molar-refractivity contribution in [3.63, 3.8) is 0 Å². The van der Waals surface area contributed by atoms with Crippen molar-refractivity contribution < 1.29 is 9.53 Å². The minimum atomic E-state index is -0.421. The maximum absolute atomic E-state index is 11.7. The number of nitrogen functional groups attached to an aromatic ring is 1. The third-order valence-electron chi connectivity index (χ3n) is 2.58. The Balaban J connectivity index is 2.88. The molecule has 0 fully saturated rings. The number of anilines is 2. The van der Waals surface area contributed by atoms with Gasteiger partial charge in [-0.05, 0) is 24.5 Å². The van der Waals surface area contributed by atoms with Gasteiger partial charge in [0.25, 0.3) is 0 Å². The zero-order valence-electron chi connectivity index (χ0n) is 10.9. The van der Waals surface area contributed by atoms with Gasteiger partial charge in [0.15, 0.2) is 0 Å². The quantitative estimate of drug-likeness (QED) is 0.638. The van der Waals surface area contributed by atoms with Gasteiger partial charge in [-0.2, -0.15) is 0 Å². The number of benzene rings is 1. The van der Waals surface area contributed by atoms with E-state index >= 15 is 0 Å². The highest BCUT2D eigenvalue weighted by Gasteiger charge is 2.21. The summed E-state index contributed by atoms with van der Waals surface area (Å²) in [6.45, 7) is 4.08. The second-order valence-electron chi connectivity index (χ2n) is 4.55. The molecule has 0 aliphatic carbocycles. The van der Waals surface area contributed by atoms with Crippen LogP contribution < -0.4 is 11.1 Å². The van der Waals surface area contributed by atoms with Crippen LogP contribution in [0.2, 0.25) is 5.02 Å². The van der Waals surface area contributed by atoms with Gasteiger partial charge in [0, 0.05) is 0 Å². The van der Waals surface area contributed by atoms with Crippen LogP contribution in [0.15, 0.2) is 18.2 Å². The first-order valence-electron chi connectivity index (χ1n) is 5.84. The average molecular weight is 271 g/mol. The van der Waals surface area contributed by atoms with E-state index in [0.717, 1.165) is 0 Å². The number of hydrogen-bond donors (Lipinski definition) is 2. The molecule has 18 heavy (non-hydrogen) atoms. The first-order chi connectivity index (χ1) is 8.45. The number of nitrogens with one attached hydrogen (secondary N) is 1. The lowest BCUT2D eigenvalue weighted by Gasteiger charge is -2.20. The van der Waals surface area contributed by atoms with Crippen LogP contribution in [0.4, 0.5) is 11.4 Å². The summed E-state index contributed by atoms with van der Waals surface area (Å²) in [5, 5.41) is 3.55. The zero-order chi connectivity index (χ0) is 13.7. The first-order valence-corrected chi connectivity index (χ1v) is 6.21. The van der Waals surface area contributed by atoms with E-state index < -0.39 is 6.04 Å². The molecule has 0 saturated heterocycles. The van der Waals surface area contributed by atoms with Crippen LogP contribution in [0, 0.1) is 5.92 Å². The van der Waals surface area contributed by atoms with Gasteiger partial charge in [-0.1, -0.05) is 31.5 Å². The van der Waals surface area contributed by atoms with Gasteiger partial charge < -0.3 is 15.8 Å². The van der Waals surface area contributed by atoms with Crippen molar-refractivity contribution in [3.8, 4) is 0 Å². The van der Waals surface area contributed by atoms with Gasteiger partial charge >= 0.3 is 5.97 Å². The molecule has 0 spiro atoms. The van der Waals surface area contributed by atoms with Gasteiger partial charge in [0.2, 0.25) is 0 Å². The fourth-order valence-electron chi connectivity index (χ4n) is 1.68. The number of esters is 1. The highest BCUT2D eigenvalue weighted by Crippen LogP contribution is 2.28. The molecule has 1 unspecified atom stereocenters. The first kappa shape index (κ1) is 14.6. The van der Waals surface area contributed by atoms with E-state index in [2.05, 4.69) is 5.32 Å². The van der Waals surface area contributed by atoms with Gasteiger partial charge in [0.1, 0.15) is 6.04 Å². The van der Waals surface area contributed by atoms with Crippen LogP contribution in [-0.2, 0) is 9.53 Å². The van der Waals surface area contributed by atoms with Crippen LogP contribution in [0.3, 0.4) is 0 Å². The second-order valence-corrected chi connectivity index (χ2v) is 4.96. The topological polar surface area (TPSA) is 64.3 Å². The van der Waals surface area contributed by atoms with E-state index in [9.17, 15) is 4.79 Å². The third-order valence-corrected chi connectivity index (χ3v) is 2.91. The minimum Gasteiger partial charge on any atom is -0.467 e. The van der Waals surface area contributed by atoms with E-state index in [4.69, 9.17) is 22.1 Å². The summed E-state index contributed by atoms with van der Waals surface area (Å²) >= 11 is 5.94. The minimum absolute atomic E-state index is 0.303. The molecule has 3 N–H and O–H groups in total. The van der Waals surface area contributed by atoms with Crippen LogP contribution in [0.5, 0.6) is 0 Å². The molecular formula is C13H19ClN2O2. The standard InChI is InChI=1S/C13H19ClN2O2/c1-8(2)7-11(13(17)18-3)16-10-6-4-5-9(14)12(10)15/h4-6,8,11,16H,7,15H2,1-3H3. The average Bonchev–Trinajstić information content (AvgIpc) is 2.32. The Morgan fingerprint density at radius 2 is 2.17 bits per heavy atom. The van der Waals surface area contributed by atoms with E-state index in [1.54, 1.807) is 18.2 Å². The maximum Gasteiger partial charge on any atom is 0.328 e. The summed E-state index contributed by atoms with van der Waals surface area (Å²) < 4.78 is 4.78. The summed E-state index contributed by atoms with van der Waals surface area (Å²) in [4.78, 5) is 11.7. The summed E-state index contributed by atoms with van der Waals surface area (Å²) in [6, 6.07) is 4.86. The van der Waals surface area contributed by atoms with Crippen molar-refractivity contribution in [1.82, 2.24) is 0 Å². The fraction of sp³-hybridized carbons (Fsp3) is 0.462. The van der Waals surface area contributed by atoms with Gasteiger partial charge in [0.05, 0.1) is 23.5 Å². The normalized spacial score (nSPS) is 12.3. The highest BCUT2D eigenvalue weighted by molar-refractivity contribution is 6.33. The molecule has 1 atom stereocenters. The molecule has 0 aromatic heterocycles. The maximum atomic E-state index is 11.7. The van der Waals surface area contributed by atoms with Crippen molar-refractivity contribution in [2.24, 2.45) is 5.92 Å². The molecule has 1 rings (SSSR count). The molecular weight excluding hydrogens is 252 g/mol. The van der Waals surface area contributed by atoms with Crippen molar-refractivity contribution in [2.75, 3.05) is 18.2 Å². The number of carbonyl (C=O) groups is 1. The monoisotopic (exact) mass is 270 g/mol. The Kier molecular flexibility index (Phi) is 5.28. The molecule has 0 aliphatic rings. The Morgan fingerprint density at radius 1 is 1.50 bits per heavy atom. The lowest BCUT2D eigenvalue weighted by molar-refractivity contribution is -0.141. The lowest BCUT2D eigenvalue weighted by Crippen LogP contribution is -2.32. The number of nitrogens with two attached hydrogens (primary N) is 1. The van der Waals surface area contributed by atoms with Crippen molar-refractivity contribution >= 4 is 28.9 Å². The van der Waals surface area contributed by atoms with Gasteiger partial charge in [-0.3, -0.25) is 0 Å². The smallest absolute Gasteiger partial charge is 0.328 e. The number of para-hydroxylation sites is 1. The highest BCUT2D eigenvalue weighted by atomic mass is 35.5. The van der Waals surface area contributed by atoms with Crippen LogP contribution in [-0.4, -0.2) is 19.1 Å². The number of rotatable bonds is 5. The van der Waals surface area contributed by atoms with Crippen molar-refractivity contribution in [3.05, 3.63) is 23.2 Å².